The number of halogens is 1. The van der Waals surface area contributed by atoms with Gasteiger partial charge in [-0.25, -0.2) is 4.39 Å². The highest BCUT2D eigenvalue weighted by molar-refractivity contribution is 5.06. The van der Waals surface area contributed by atoms with E-state index in [2.05, 4.69) is 19.2 Å². The van der Waals surface area contributed by atoms with Crippen molar-refractivity contribution in [3.05, 3.63) is 6.42 Å². The molecular formula is C9H17FN. The quantitative estimate of drug-likeness (QED) is 0.569. The maximum Gasteiger partial charge on any atom is 0.121 e. The number of alkyl halides is 1. The number of hydrogen-bond donors (Lipinski definition) is 1. The van der Waals surface area contributed by atoms with Gasteiger partial charge in [-0.15, -0.1) is 0 Å². The molecule has 1 N–H and O–H groups in total. The monoisotopic (exact) mass is 158 g/mol. The van der Waals surface area contributed by atoms with E-state index < -0.39 is 11.7 Å². The van der Waals surface area contributed by atoms with Crippen LogP contribution in [0.2, 0.25) is 0 Å². The smallest absolute Gasteiger partial charge is 0.121 e. The lowest BCUT2D eigenvalue weighted by Gasteiger charge is -2.44. The molecule has 0 aromatic heterocycles. The third-order valence-electron chi connectivity index (χ3n) is 2.19. The van der Waals surface area contributed by atoms with Gasteiger partial charge in [0.25, 0.3) is 0 Å². The lowest BCUT2D eigenvalue weighted by molar-refractivity contribution is 0.119. The van der Waals surface area contributed by atoms with Crippen LogP contribution in [0.15, 0.2) is 0 Å². The van der Waals surface area contributed by atoms with Gasteiger partial charge in [-0.05, 0) is 40.5 Å². The maximum absolute atomic E-state index is 13.2. The Kier molecular flexibility index (Phi) is 1.99. The van der Waals surface area contributed by atoms with Crippen LogP contribution in [-0.2, 0) is 0 Å². The van der Waals surface area contributed by atoms with Crippen molar-refractivity contribution >= 4 is 0 Å². The first-order valence-electron chi connectivity index (χ1n) is 4.10. The Hall–Kier alpha value is -0.110. The van der Waals surface area contributed by atoms with Crippen molar-refractivity contribution in [1.82, 2.24) is 5.32 Å². The van der Waals surface area contributed by atoms with E-state index in [1.165, 1.54) is 0 Å². The predicted octanol–water partition coefficient (Wildman–Crippen LogP) is 2.08. The summed E-state index contributed by atoms with van der Waals surface area (Å²) in [7, 11) is 0. The fourth-order valence-electron chi connectivity index (χ4n) is 1.68. The van der Waals surface area contributed by atoms with Gasteiger partial charge in [-0.3, -0.25) is 0 Å². The molecular weight excluding hydrogens is 141 g/mol. The van der Waals surface area contributed by atoms with Crippen LogP contribution in [-0.4, -0.2) is 17.2 Å². The van der Waals surface area contributed by atoms with Gasteiger partial charge in [0.1, 0.15) is 6.17 Å². The number of nitrogens with one attached hydrogen (secondary N) is 1. The fourth-order valence-corrected chi connectivity index (χ4v) is 1.68. The van der Waals surface area contributed by atoms with Crippen molar-refractivity contribution < 1.29 is 4.39 Å². The van der Waals surface area contributed by atoms with Gasteiger partial charge in [-0.1, -0.05) is 0 Å². The first-order valence-corrected chi connectivity index (χ1v) is 4.10. The first-order chi connectivity index (χ1) is 4.83. The summed E-state index contributed by atoms with van der Waals surface area (Å²) in [6.07, 6.45) is 1.74. The lowest BCUT2D eigenvalue weighted by atomic mass is 9.81. The van der Waals surface area contributed by atoms with Crippen molar-refractivity contribution in [2.24, 2.45) is 0 Å². The molecule has 0 aromatic carbocycles. The second-order valence-electron chi connectivity index (χ2n) is 4.57. The molecule has 0 unspecified atom stereocenters. The lowest BCUT2D eigenvalue weighted by Crippen LogP contribution is -2.61. The van der Waals surface area contributed by atoms with E-state index >= 15 is 0 Å². The van der Waals surface area contributed by atoms with Crippen LogP contribution in [0.5, 0.6) is 0 Å². The minimum absolute atomic E-state index is 0.0477. The highest BCUT2D eigenvalue weighted by Gasteiger charge is 2.39. The van der Waals surface area contributed by atoms with E-state index in [0.29, 0.717) is 0 Å². The Labute approximate surface area is 68.4 Å². The van der Waals surface area contributed by atoms with E-state index in [0.717, 1.165) is 6.42 Å². The second-order valence-corrected chi connectivity index (χ2v) is 4.57. The molecule has 1 rings (SSSR count). The van der Waals surface area contributed by atoms with Crippen molar-refractivity contribution in [2.75, 3.05) is 0 Å². The Morgan fingerprint density at radius 1 is 1.36 bits per heavy atom. The number of hydrogen-bond acceptors (Lipinski definition) is 1. The number of piperidine rings is 1. The SMILES string of the molecule is CC1(C)C[CH][C@@H](F)C(C)(C)N1. The largest absolute Gasteiger partial charge is 0.304 e. The minimum Gasteiger partial charge on any atom is -0.304 e. The number of rotatable bonds is 0. The standard InChI is InChI=1S/C9H17FN/c1-8(2)6-5-7(10)9(3,4)11-8/h5,7,11H,6H2,1-4H3/t7-/m1/s1. The van der Waals surface area contributed by atoms with E-state index in [1.54, 1.807) is 6.42 Å². The summed E-state index contributed by atoms with van der Waals surface area (Å²) in [6.45, 7) is 7.98. The molecule has 0 bridgehead atoms. The molecule has 1 atom stereocenters. The van der Waals surface area contributed by atoms with Crippen LogP contribution in [0, 0.1) is 6.42 Å². The molecule has 0 saturated carbocycles. The molecule has 0 spiro atoms. The van der Waals surface area contributed by atoms with Gasteiger partial charge in [0.15, 0.2) is 0 Å². The van der Waals surface area contributed by atoms with Gasteiger partial charge < -0.3 is 5.32 Å². The Balaban J connectivity index is 2.67. The minimum atomic E-state index is -0.824. The summed E-state index contributed by atoms with van der Waals surface area (Å²) < 4.78 is 13.2. The Morgan fingerprint density at radius 2 is 1.91 bits per heavy atom. The van der Waals surface area contributed by atoms with Gasteiger partial charge in [0, 0.05) is 11.1 Å². The van der Waals surface area contributed by atoms with Crippen molar-refractivity contribution in [3.63, 3.8) is 0 Å². The first kappa shape index (κ1) is 8.98. The molecule has 65 valence electrons. The average Bonchev–Trinajstić information content (AvgIpc) is 1.77. The van der Waals surface area contributed by atoms with Crippen LogP contribution < -0.4 is 5.32 Å². The molecule has 1 fully saturated rings. The third kappa shape index (κ3) is 1.92. The summed E-state index contributed by atoms with van der Waals surface area (Å²) in [5.74, 6) is 0. The summed E-state index contributed by atoms with van der Waals surface area (Å²) in [5.41, 5.74) is -0.353. The zero-order valence-electron chi connectivity index (χ0n) is 7.74. The molecule has 1 aliphatic heterocycles. The summed E-state index contributed by atoms with van der Waals surface area (Å²) >= 11 is 0. The van der Waals surface area contributed by atoms with Crippen molar-refractivity contribution in [2.45, 2.75) is 51.4 Å². The molecule has 1 saturated heterocycles. The molecule has 0 aliphatic carbocycles. The molecule has 1 radical (unpaired) electrons. The van der Waals surface area contributed by atoms with Gasteiger partial charge in [-0.2, -0.15) is 0 Å². The average molecular weight is 158 g/mol. The van der Waals surface area contributed by atoms with Crippen LogP contribution in [0.3, 0.4) is 0 Å². The molecule has 2 heteroatoms. The van der Waals surface area contributed by atoms with E-state index in [9.17, 15) is 4.39 Å². The van der Waals surface area contributed by atoms with Gasteiger partial charge in [0.05, 0.1) is 0 Å². The molecule has 1 aliphatic rings. The van der Waals surface area contributed by atoms with E-state index in [4.69, 9.17) is 0 Å². The maximum atomic E-state index is 13.2. The Morgan fingerprint density at radius 3 is 2.27 bits per heavy atom. The molecule has 11 heavy (non-hydrogen) atoms. The van der Waals surface area contributed by atoms with Gasteiger partial charge in [0.2, 0.25) is 0 Å². The zero-order chi connectivity index (χ0) is 8.70. The van der Waals surface area contributed by atoms with Crippen molar-refractivity contribution in [1.29, 1.82) is 0 Å². The summed E-state index contributed by atoms with van der Waals surface area (Å²) in [4.78, 5) is 0. The van der Waals surface area contributed by atoms with Crippen LogP contribution >= 0.6 is 0 Å². The van der Waals surface area contributed by atoms with Crippen molar-refractivity contribution in [3.8, 4) is 0 Å². The molecule has 0 amide bonds. The van der Waals surface area contributed by atoms with Crippen LogP contribution in [0.4, 0.5) is 4.39 Å². The predicted molar refractivity (Wildman–Crippen MR) is 45.1 cm³/mol. The highest BCUT2D eigenvalue weighted by Crippen LogP contribution is 2.29. The topological polar surface area (TPSA) is 12.0 Å². The summed E-state index contributed by atoms with van der Waals surface area (Å²) in [5, 5.41) is 3.28. The zero-order valence-corrected chi connectivity index (χ0v) is 7.74. The van der Waals surface area contributed by atoms with Crippen LogP contribution in [0.25, 0.3) is 0 Å². The fraction of sp³-hybridized carbons (Fsp3) is 0.889. The van der Waals surface area contributed by atoms with Gasteiger partial charge >= 0.3 is 0 Å². The summed E-state index contributed by atoms with van der Waals surface area (Å²) in [6, 6.07) is 0. The Bertz CT molecular complexity index is 152. The molecule has 1 nitrogen and oxygen atoms in total. The normalized spacial score (nSPS) is 35.2. The highest BCUT2D eigenvalue weighted by atomic mass is 19.1. The van der Waals surface area contributed by atoms with Crippen LogP contribution in [0.1, 0.15) is 34.1 Å². The third-order valence-corrected chi connectivity index (χ3v) is 2.19. The second kappa shape index (κ2) is 2.44. The molecule has 0 aromatic rings. The van der Waals surface area contributed by atoms with E-state index in [-0.39, 0.29) is 5.54 Å². The molecule has 1 heterocycles. The van der Waals surface area contributed by atoms with E-state index in [1.807, 2.05) is 13.8 Å².